The van der Waals surface area contributed by atoms with E-state index < -0.39 is 42.3 Å². The molecule has 0 aliphatic carbocycles. The quantitative estimate of drug-likeness (QED) is 0.562. The van der Waals surface area contributed by atoms with Crippen LogP contribution >= 0.6 is 0 Å². The molecule has 9 heteroatoms. The van der Waals surface area contributed by atoms with Crippen LogP contribution in [0.2, 0.25) is 0 Å². The smallest absolute Gasteiger partial charge is 0.342 e. The molecule has 4 rings (SSSR count). The molecular weight excluding hydrogens is 408 g/mol. The van der Waals surface area contributed by atoms with E-state index in [9.17, 15) is 19.5 Å². The Labute approximate surface area is 177 Å². The van der Waals surface area contributed by atoms with Gasteiger partial charge >= 0.3 is 17.9 Å². The lowest BCUT2D eigenvalue weighted by molar-refractivity contribution is -0.131. The predicted molar refractivity (Wildman–Crippen MR) is 104 cm³/mol. The molecule has 2 aromatic rings. The topological polar surface area (TPSA) is 118 Å². The fourth-order valence-corrected chi connectivity index (χ4v) is 3.56. The average molecular weight is 428 g/mol. The van der Waals surface area contributed by atoms with Crippen LogP contribution in [-0.2, 0) is 23.7 Å². The van der Waals surface area contributed by atoms with Gasteiger partial charge < -0.3 is 28.8 Å². The lowest BCUT2D eigenvalue weighted by atomic mass is 10.1. The molecule has 2 fully saturated rings. The van der Waals surface area contributed by atoms with Gasteiger partial charge in [-0.3, -0.25) is 4.79 Å². The van der Waals surface area contributed by atoms with E-state index in [1.54, 1.807) is 24.3 Å². The van der Waals surface area contributed by atoms with Crippen LogP contribution in [0.3, 0.4) is 0 Å². The lowest BCUT2D eigenvalue weighted by Gasteiger charge is -2.18. The van der Waals surface area contributed by atoms with Gasteiger partial charge in [-0.2, -0.15) is 0 Å². The SMILES string of the molecule is CC(=O)Oc1ccccc1C(=O)O[C@H]1CO[C@H]2[C@@H]1OC[C@H]2OC(=O)c1ccccc1O. The summed E-state index contributed by atoms with van der Waals surface area (Å²) in [7, 11) is 0. The number of phenols is 1. The Balaban J connectivity index is 1.40. The maximum absolute atomic E-state index is 12.6. The van der Waals surface area contributed by atoms with E-state index in [4.69, 9.17) is 23.7 Å². The number of carbonyl (C=O) groups is 3. The van der Waals surface area contributed by atoms with Gasteiger partial charge in [-0.15, -0.1) is 0 Å². The van der Waals surface area contributed by atoms with Crippen LogP contribution in [-0.4, -0.2) is 60.6 Å². The summed E-state index contributed by atoms with van der Waals surface area (Å²) >= 11 is 0. The van der Waals surface area contributed by atoms with E-state index >= 15 is 0 Å². The zero-order valence-electron chi connectivity index (χ0n) is 16.6. The third-order valence-electron chi connectivity index (χ3n) is 4.96. The number of hydrogen-bond donors (Lipinski definition) is 1. The Morgan fingerprint density at radius 3 is 1.94 bits per heavy atom. The number of phenolic OH excluding ortho intramolecular Hbond substituents is 1. The molecule has 162 valence electrons. The van der Waals surface area contributed by atoms with Crippen LogP contribution in [0, 0.1) is 0 Å². The van der Waals surface area contributed by atoms with E-state index in [1.807, 2.05) is 0 Å². The second-order valence-corrected chi connectivity index (χ2v) is 7.09. The van der Waals surface area contributed by atoms with Gasteiger partial charge in [0.15, 0.2) is 12.2 Å². The van der Waals surface area contributed by atoms with Gasteiger partial charge in [-0.05, 0) is 24.3 Å². The van der Waals surface area contributed by atoms with E-state index in [2.05, 4.69) is 0 Å². The molecule has 2 aliphatic heterocycles. The highest BCUT2D eigenvalue weighted by atomic mass is 16.7. The number of benzene rings is 2. The van der Waals surface area contributed by atoms with Crippen LogP contribution in [0.25, 0.3) is 0 Å². The Morgan fingerprint density at radius 2 is 1.35 bits per heavy atom. The predicted octanol–water partition coefficient (Wildman–Crippen LogP) is 1.87. The molecule has 2 saturated heterocycles. The first-order chi connectivity index (χ1) is 14.9. The van der Waals surface area contributed by atoms with Gasteiger partial charge in [0, 0.05) is 6.92 Å². The van der Waals surface area contributed by atoms with Crippen LogP contribution in [0.5, 0.6) is 11.5 Å². The zero-order chi connectivity index (χ0) is 22.0. The summed E-state index contributed by atoms with van der Waals surface area (Å²) in [5, 5.41) is 9.82. The van der Waals surface area contributed by atoms with Crippen molar-refractivity contribution in [1.29, 1.82) is 0 Å². The van der Waals surface area contributed by atoms with Gasteiger partial charge in [0.25, 0.3) is 0 Å². The van der Waals surface area contributed by atoms with Crippen molar-refractivity contribution < 1.29 is 43.2 Å². The van der Waals surface area contributed by atoms with Gasteiger partial charge in [0.05, 0.1) is 13.2 Å². The van der Waals surface area contributed by atoms with E-state index in [1.165, 1.54) is 31.2 Å². The van der Waals surface area contributed by atoms with Crippen molar-refractivity contribution in [3.8, 4) is 11.5 Å². The summed E-state index contributed by atoms with van der Waals surface area (Å²) in [6.07, 6.45) is -2.67. The van der Waals surface area contributed by atoms with Gasteiger partial charge in [-0.1, -0.05) is 24.3 Å². The first-order valence-corrected chi connectivity index (χ1v) is 9.64. The van der Waals surface area contributed by atoms with Crippen molar-refractivity contribution in [3.05, 3.63) is 59.7 Å². The Kier molecular flexibility index (Phi) is 5.88. The molecule has 0 bridgehead atoms. The maximum atomic E-state index is 12.6. The Bertz CT molecular complexity index is 1000. The highest BCUT2D eigenvalue weighted by molar-refractivity contribution is 5.93. The second-order valence-electron chi connectivity index (χ2n) is 7.09. The summed E-state index contributed by atoms with van der Waals surface area (Å²) < 4.78 is 27.4. The van der Waals surface area contributed by atoms with Crippen molar-refractivity contribution in [2.45, 2.75) is 31.3 Å². The third kappa shape index (κ3) is 4.37. The zero-order valence-corrected chi connectivity index (χ0v) is 16.6. The maximum Gasteiger partial charge on any atom is 0.342 e. The van der Waals surface area contributed by atoms with Crippen molar-refractivity contribution in [2.24, 2.45) is 0 Å². The van der Waals surface area contributed by atoms with E-state index in [0.29, 0.717) is 0 Å². The van der Waals surface area contributed by atoms with Crippen molar-refractivity contribution in [3.63, 3.8) is 0 Å². The molecule has 31 heavy (non-hydrogen) atoms. The largest absolute Gasteiger partial charge is 0.507 e. The molecule has 2 aromatic carbocycles. The minimum absolute atomic E-state index is 0.0361. The molecule has 0 spiro atoms. The first-order valence-electron chi connectivity index (χ1n) is 9.64. The minimum atomic E-state index is -0.725. The minimum Gasteiger partial charge on any atom is -0.507 e. The van der Waals surface area contributed by atoms with E-state index in [0.717, 1.165) is 0 Å². The summed E-state index contributed by atoms with van der Waals surface area (Å²) in [6, 6.07) is 12.3. The van der Waals surface area contributed by atoms with Crippen molar-refractivity contribution in [1.82, 2.24) is 0 Å². The summed E-state index contributed by atoms with van der Waals surface area (Å²) in [4.78, 5) is 36.3. The molecule has 0 aromatic heterocycles. The number of para-hydroxylation sites is 2. The van der Waals surface area contributed by atoms with Gasteiger partial charge in [-0.25, -0.2) is 9.59 Å². The van der Waals surface area contributed by atoms with E-state index in [-0.39, 0.29) is 35.8 Å². The van der Waals surface area contributed by atoms with Crippen LogP contribution < -0.4 is 4.74 Å². The normalized spacial score (nSPS) is 24.3. The highest BCUT2D eigenvalue weighted by Gasteiger charge is 2.51. The average Bonchev–Trinajstić information content (AvgIpc) is 3.31. The number of carbonyl (C=O) groups excluding carboxylic acids is 3. The van der Waals surface area contributed by atoms with Crippen LogP contribution in [0.4, 0.5) is 0 Å². The fourth-order valence-electron chi connectivity index (χ4n) is 3.56. The summed E-state index contributed by atoms with van der Waals surface area (Å²) in [5.41, 5.74) is 0.135. The highest BCUT2D eigenvalue weighted by Crippen LogP contribution is 2.32. The molecule has 1 N–H and O–H groups in total. The molecule has 0 radical (unpaired) electrons. The molecular formula is C22H20O9. The third-order valence-corrected chi connectivity index (χ3v) is 4.96. The van der Waals surface area contributed by atoms with Crippen LogP contribution in [0.1, 0.15) is 27.6 Å². The summed E-state index contributed by atoms with van der Waals surface area (Å²) in [6.45, 7) is 1.36. The first kappa shape index (κ1) is 20.8. The number of ether oxygens (including phenoxy) is 5. The number of rotatable bonds is 5. The standard InChI is InChI=1S/C22H20O9/c1-12(23)29-16-9-5-3-7-14(16)22(26)31-18-11-28-19-17(10-27-20(18)19)30-21(25)13-6-2-4-8-15(13)24/h2-9,17-20,24H,10-11H2,1H3/t17-,18+,19-,20-/m1/s1. The number of hydrogen-bond acceptors (Lipinski definition) is 9. The van der Waals surface area contributed by atoms with Gasteiger partial charge in [0.2, 0.25) is 0 Å². The Hall–Kier alpha value is -3.43. The molecule has 0 unspecified atom stereocenters. The Morgan fingerprint density at radius 1 is 0.839 bits per heavy atom. The molecule has 0 saturated carbocycles. The molecule has 0 amide bonds. The van der Waals surface area contributed by atoms with Crippen molar-refractivity contribution in [2.75, 3.05) is 13.2 Å². The lowest BCUT2D eigenvalue weighted by Crippen LogP contribution is -2.36. The number of esters is 3. The fraction of sp³-hybridized carbons (Fsp3) is 0.318. The second kappa shape index (κ2) is 8.75. The van der Waals surface area contributed by atoms with Crippen LogP contribution in [0.15, 0.2) is 48.5 Å². The molecule has 2 heterocycles. The molecule has 2 aliphatic rings. The summed E-state index contributed by atoms with van der Waals surface area (Å²) in [5.74, 6) is -2.04. The van der Waals surface area contributed by atoms with Crippen molar-refractivity contribution >= 4 is 17.9 Å². The molecule has 4 atom stereocenters. The molecule has 9 nitrogen and oxygen atoms in total. The van der Waals surface area contributed by atoms with Gasteiger partial charge in [0.1, 0.15) is 34.8 Å². The number of fused-ring (bicyclic) bond motifs is 1. The monoisotopic (exact) mass is 428 g/mol. The number of aromatic hydroxyl groups is 1.